The number of hydrogen-bond donors (Lipinski definition) is 0. The van der Waals surface area contributed by atoms with Crippen molar-refractivity contribution < 1.29 is 9.53 Å². The van der Waals surface area contributed by atoms with E-state index in [1.54, 1.807) is 40.8 Å². The monoisotopic (exact) mass is 378 g/mol. The molecule has 1 aliphatic heterocycles. The highest BCUT2D eigenvalue weighted by atomic mass is 35.5. The maximum Gasteiger partial charge on any atom is 0.346 e. The molecule has 0 saturated heterocycles. The first-order valence-corrected chi connectivity index (χ1v) is 9.21. The normalized spacial score (nSPS) is 13.8. The summed E-state index contributed by atoms with van der Waals surface area (Å²) in [7, 11) is 1.69. The fourth-order valence-corrected chi connectivity index (χ4v) is 3.06. The first-order chi connectivity index (χ1) is 12.5. The molecule has 0 atom stereocenters. The summed E-state index contributed by atoms with van der Waals surface area (Å²) in [4.78, 5) is 26.3. The van der Waals surface area contributed by atoms with E-state index in [2.05, 4.69) is 5.10 Å². The van der Waals surface area contributed by atoms with E-state index in [4.69, 9.17) is 16.3 Å². The van der Waals surface area contributed by atoms with Gasteiger partial charge in [-0.25, -0.2) is 9.48 Å². The third-order valence-electron chi connectivity index (χ3n) is 4.50. The first kappa shape index (κ1) is 18.5. The largest absolute Gasteiger partial charge is 0.492 e. The summed E-state index contributed by atoms with van der Waals surface area (Å²) in [6.45, 7) is 1.42. The predicted molar refractivity (Wildman–Crippen MR) is 98.6 cm³/mol. The summed E-state index contributed by atoms with van der Waals surface area (Å²) in [5.41, 5.74) is -0.193. The minimum atomic E-state index is -0.193. The Kier molecular flexibility index (Phi) is 5.98. The molecule has 1 amide bonds. The van der Waals surface area contributed by atoms with Crippen molar-refractivity contribution in [1.29, 1.82) is 0 Å². The number of halogens is 1. The van der Waals surface area contributed by atoms with E-state index < -0.39 is 0 Å². The van der Waals surface area contributed by atoms with Crippen LogP contribution in [0.1, 0.15) is 25.1 Å². The highest BCUT2D eigenvalue weighted by Crippen LogP contribution is 2.15. The average molecular weight is 379 g/mol. The standard InChI is InChI=1S/C18H23ClN4O3/c1-21(11-12-26-15-8-6-14(19)7-9-15)17(24)13-23-18(25)22-10-4-2-3-5-16(22)20-23/h6-9H,2-5,10-13H2,1H3. The van der Waals surface area contributed by atoms with Crippen molar-refractivity contribution in [2.75, 3.05) is 20.2 Å². The average Bonchev–Trinajstić information content (AvgIpc) is 2.79. The van der Waals surface area contributed by atoms with Gasteiger partial charge in [-0.3, -0.25) is 9.36 Å². The Morgan fingerprint density at radius 2 is 2.04 bits per heavy atom. The van der Waals surface area contributed by atoms with Gasteiger partial charge in [0.2, 0.25) is 5.91 Å². The van der Waals surface area contributed by atoms with E-state index in [-0.39, 0.29) is 18.1 Å². The van der Waals surface area contributed by atoms with Crippen LogP contribution in [0.5, 0.6) is 5.75 Å². The van der Waals surface area contributed by atoms with E-state index in [9.17, 15) is 9.59 Å². The topological polar surface area (TPSA) is 69.4 Å². The molecule has 0 bridgehead atoms. The van der Waals surface area contributed by atoms with Crippen LogP contribution in [-0.4, -0.2) is 45.4 Å². The number of aromatic nitrogens is 3. The van der Waals surface area contributed by atoms with Crippen molar-refractivity contribution in [2.24, 2.45) is 0 Å². The van der Waals surface area contributed by atoms with Gasteiger partial charge in [-0.1, -0.05) is 18.0 Å². The smallest absolute Gasteiger partial charge is 0.346 e. The number of fused-ring (bicyclic) bond motifs is 1. The fourth-order valence-electron chi connectivity index (χ4n) is 2.93. The van der Waals surface area contributed by atoms with Gasteiger partial charge in [-0.2, -0.15) is 5.10 Å². The number of nitrogens with zero attached hydrogens (tertiary/aromatic N) is 4. The van der Waals surface area contributed by atoms with Crippen molar-refractivity contribution in [2.45, 2.75) is 38.8 Å². The zero-order valence-corrected chi connectivity index (χ0v) is 15.6. The molecule has 26 heavy (non-hydrogen) atoms. The lowest BCUT2D eigenvalue weighted by Crippen LogP contribution is -2.37. The molecule has 1 aliphatic rings. The second-order valence-corrected chi connectivity index (χ2v) is 6.87. The predicted octanol–water partition coefficient (Wildman–Crippen LogP) is 1.96. The number of aryl methyl sites for hydroxylation is 1. The molecule has 0 aliphatic carbocycles. The summed E-state index contributed by atoms with van der Waals surface area (Å²) in [6.07, 6.45) is 3.92. The van der Waals surface area contributed by atoms with Crippen LogP contribution in [0.3, 0.4) is 0 Å². The van der Waals surface area contributed by atoms with Crippen LogP contribution in [0.4, 0.5) is 0 Å². The maximum atomic E-state index is 12.4. The Morgan fingerprint density at radius 3 is 2.81 bits per heavy atom. The Hall–Kier alpha value is -2.28. The molecular formula is C18H23ClN4O3. The van der Waals surface area contributed by atoms with Gasteiger partial charge in [0, 0.05) is 25.0 Å². The summed E-state index contributed by atoms with van der Waals surface area (Å²) < 4.78 is 8.57. The number of benzene rings is 1. The lowest BCUT2D eigenvalue weighted by Gasteiger charge is -2.17. The van der Waals surface area contributed by atoms with Gasteiger partial charge >= 0.3 is 5.69 Å². The van der Waals surface area contributed by atoms with E-state index >= 15 is 0 Å². The Bertz CT molecular complexity index is 813. The second kappa shape index (κ2) is 8.40. The van der Waals surface area contributed by atoms with Gasteiger partial charge in [-0.15, -0.1) is 0 Å². The molecule has 2 aromatic rings. The Morgan fingerprint density at radius 1 is 1.27 bits per heavy atom. The van der Waals surface area contributed by atoms with Crippen LogP contribution in [0.15, 0.2) is 29.1 Å². The summed E-state index contributed by atoms with van der Waals surface area (Å²) in [5, 5.41) is 4.99. The van der Waals surface area contributed by atoms with Crippen molar-refractivity contribution in [3.8, 4) is 5.75 Å². The van der Waals surface area contributed by atoms with Gasteiger partial charge in [0.25, 0.3) is 0 Å². The van der Waals surface area contributed by atoms with E-state index in [1.165, 1.54) is 4.68 Å². The molecule has 3 rings (SSSR count). The highest BCUT2D eigenvalue weighted by Gasteiger charge is 2.18. The van der Waals surface area contributed by atoms with Gasteiger partial charge in [0.05, 0.1) is 6.54 Å². The van der Waals surface area contributed by atoms with Crippen molar-refractivity contribution in [1.82, 2.24) is 19.2 Å². The van der Waals surface area contributed by atoms with Crippen molar-refractivity contribution in [3.05, 3.63) is 45.6 Å². The van der Waals surface area contributed by atoms with Gasteiger partial charge < -0.3 is 9.64 Å². The number of hydrogen-bond acceptors (Lipinski definition) is 4. The Labute approximate surface area is 157 Å². The third-order valence-corrected chi connectivity index (χ3v) is 4.75. The summed E-state index contributed by atoms with van der Waals surface area (Å²) >= 11 is 5.83. The van der Waals surface area contributed by atoms with Crippen LogP contribution < -0.4 is 10.4 Å². The first-order valence-electron chi connectivity index (χ1n) is 8.83. The molecule has 0 unspecified atom stereocenters. The molecule has 2 heterocycles. The zero-order valence-electron chi connectivity index (χ0n) is 14.9. The number of rotatable bonds is 6. The number of carbonyl (C=O) groups is 1. The molecule has 0 fully saturated rings. The van der Waals surface area contributed by atoms with Crippen LogP contribution in [0.2, 0.25) is 5.02 Å². The minimum Gasteiger partial charge on any atom is -0.492 e. The van der Waals surface area contributed by atoms with Crippen LogP contribution >= 0.6 is 11.6 Å². The molecule has 1 aromatic carbocycles. The zero-order chi connectivity index (χ0) is 18.5. The maximum absolute atomic E-state index is 12.4. The van der Waals surface area contributed by atoms with Crippen LogP contribution in [0, 0.1) is 0 Å². The Balaban J connectivity index is 1.53. The molecule has 8 heteroatoms. The molecule has 1 aromatic heterocycles. The van der Waals surface area contributed by atoms with Crippen molar-refractivity contribution >= 4 is 17.5 Å². The number of ether oxygens (including phenoxy) is 1. The second-order valence-electron chi connectivity index (χ2n) is 6.44. The SMILES string of the molecule is CN(CCOc1ccc(Cl)cc1)C(=O)Cn1nc2n(c1=O)CCCCC2. The highest BCUT2D eigenvalue weighted by molar-refractivity contribution is 6.30. The molecule has 0 spiro atoms. The number of carbonyl (C=O) groups excluding carboxylic acids is 1. The van der Waals surface area contributed by atoms with Gasteiger partial charge in [-0.05, 0) is 37.1 Å². The van der Waals surface area contributed by atoms with Crippen molar-refractivity contribution in [3.63, 3.8) is 0 Å². The molecular weight excluding hydrogens is 356 g/mol. The van der Waals surface area contributed by atoms with E-state index in [0.717, 1.165) is 31.5 Å². The summed E-state index contributed by atoms with van der Waals surface area (Å²) in [5.74, 6) is 1.32. The molecule has 7 nitrogen and oxygen atoms in total. The molecule has 0 N–H and O–H groups in total. The van der Waals surface area contributed by atoms with Crippen LogP contribution in [-0.2, 0) is 24.3 Å². The summed E-state index contributed by atoms with van der Waals surface area (Å²) in [6, 6.07) is 7.06. The lowest BCUT2D eigenvalue weighted by atomic mass is 10.2. The van der Waals surface area contributed by atoms with Crippen LogP contribution in [0.25, 0.3) is 0 Å². The van der Waals surface area contributed by atoms with Gasteiger partial charge in [0.15, 0.2) is 0 Å². The lowest BCUT2D eigenvalue weighted by molar-refractivity contribution is -0.131. The third kappa shape index (κ3) is 4.46. The molecule has 0 radical (unpaired) electrons. The van der Waals surface area contributed by atoms with E-state index in [0.29, 0.717) is 30.5 Å². The quantitative estimate of drug-likeness (QED) is 0.770. The van der Waals surface area contributed by atoms with E-state index in [1.807, 2.05) is 0 Å². The molecule has 140 valence electrons. The minimum absolute atomic E-state index is 0.0454. The van der Waals surface area contributed by atoms with Gasteiger partial charge in [0.1, 0.15) is 24.7 Å². The fraction of sp³-hybridized carbons (Fsp3) is 0.500. The number of amides is 1. The molecule has 0 saturated carbocycles. The number of likely N-dealkylation sites (N-methyl/N-ethyl adjacent to an activating group) is 1.